The molecular formula is C21H26N7O16P3. The first-order valence-corrected chi connectivity index (χ1v) is 17.2. The van der Waals surface area contributed by atoms with Crippen molar-refractivity contribution in [3.63, 3.8) is 0 Å². The highest BCUT2D eigenvalue weighted by atomic mass is 31.3. The molecule has 0 spiro atoms. The van der Waals surface area contributed by atoms with Gasteiger partial charge >= 0.3 is 29.2 Å². The zero-order valence-corrected chi connectivity index (χ0v) is 26.1. The number of amides is 2. The molecular weight excluding hydrogens is 699 g/mol. The van der Waals surface area contributed by atoms with E-state index in [0.29, 0.717) is 5.69 Å². The average molecular weight is 725 g/mol. The van der Waals surface area contributed by atoms with Crippen molar-refractivity contribution in [2.24, 2.45) is 5.11 Å². The van der Waals surface area contributed by atoms with Crippen LogP contribution in [0.2, 0.25) is 0 Å². The Labute approximate surface area is 261 Å². The van der Waals surface area contributed by atoms with E-state index in [-0.39, 0.29) is 30.6 Å². The predicted molar refractivity (Wildman–Crippen MR) is 155 cm³/mol. The first-order chi connectivity index (χ1) is 21.9. The summed E-state index contributed by atoms with van der Waals surface area (Å²) in [5.41, 5.74) is 7.05. The molecule has 1 fully saturated rings. The number of aliphatic hydroxyl groups excluding tert-OH is 1. The maximum atomic E-state index is 12.4. The minimum Gasteiger partial charge on any atom is -0.390 e. The fourth-order valence-electron chi connectivity index (χ4n) is 3.76. The van der Waals surface area contributed by atoms with Crippen LogP contribution in [-0.2, 0) is 36.4 Å². The number of carbonyl (C=O) groups excluding carboxylic acids is 2. The molecule has 1 aromatic heterocycles. The molecule has 2 unspecified atom stereocenters. The van der Waals surface area contributed by atoms with Gasteiger partial charge in [0, 0.05) is 35.3 Å². The maximum Gasteiger partial charge on any atom is 0.490 e. The van der Waals surface area contributed by atoms with Crippen LogP contribution in [0.5, 0.6) is 0 Å². The van der Waals surface area contributed by atoms with Gasteiger partial charge in [0.2, 0.25) is 5.91 Å². The third kappa shape index (κ3) is 12.1. The number of H-pyrrole nitrogens is 1. The van der Waals surface area contributed by atoms with Crippen LogP contribution < -0.4 is 21.9 Å². The summed E-state index contributed by atoms with van der Waals surface area (Å²) in [6.45, 7) is -1.47. The Balaban J connectivity index is 1.54. The number of aliphatic hydroxyl groups is 1. The zero-order valence-electron chi connectivity index (χ0n) is 23.5. The van der Waals surface area contributed by atoms with Gasteiger partial charge in [0.25, 0.3) is 11.5 Å². The van der Waals surface area contributed by atoms with Gasteiger partial charge in [0.1, 0.15) is 12.3 Å². The predicted octanol–water partition coefficient (Wildman–Crippen LogP) is 0.0295. The number of nitrogens with one attached hydrogen (secondary N) is 3. The lowest BCUT2D eigenvalue weighted by Crippen LogP contribution is -2.37. The second kappa shape index (κ2) is 15.9. The topological polar surface area (TPSA) is 351 Å². The third-order valence-electron chi connectivity index (χ3n) is 5.74. The monoisotopic (exact) mass is 725 g/mol. The Morgan fingerprint density at radius 3 is 2.43 bits per heavy atom. The summed E-state index contributed by atoms with van der Waals surface area (Å²) in [6, 6.07) is 5.64. The highest BCUT2D eigenvalue weighted by Gasteiger charge is 2.43. The molecule has 1 saturated heterocycles. The second-order valence-electron chi connectivity index (χ2n) is 9.20. The van der Waals surface area contributed by atoms with E-state index in [4.69, 9.17) is 20.1 Å². The van der Waals surface area contributed by atoms with Gasteiger partial charge in [-0.15, -0.1) is 0 Å². The average Bonchev–Trinajstić information content (AvgIpc) is 3.32. The molecule has 1 aromatic carbocycles. The highest BCUT2D eigenvalue weighted by molar-refractivity contribution is 7.66. The first kappa shape index (κ1) is 37.7. The van der Waals surface area contributed by atoms with Crippen LogP contribution in [0.25, 0.3) is 16.5 Å². The van der Waals surface area contributed by atoms with Gasteiger partial charge in [-0.25, -0.2) is 18.5 Å². The van der Waals surface area contributed by atoms with Crippen LogP contribution in [0.1, 0.15) is 28.6 Å². The van der Waals surface area contributed by atoms with Crippen LogP contribution in [0, 0.1) is 0 Å². The number of nitrogens with zero attached hydrogens (tertiary/aromatic N) is 4. The molecule has 1 aliphatic rings. The van der Waals surface area contributed by atoms with Gasteiger partial charge < -0.3 is 40.1 Å². The largest absolute Gasteiger partial charge is 0.490 e. The molecule has 26 heteroatoms. The molecule has 3 rings (SSSR count). The number of aromatic amines is 1. The fourth-order valence-corrected chi connectivity index (χ4v) is 6.79. The molecule has 2 heterocycles. The lowest BCUT2D eigenvalue weighted by atomic mass is 10.2. The molecule has 0 radical (unpaired) electrons. The van der Waals surface area contributed by atoms with E-state index in [1.165, 1.54) is 36.4 Å². The maximum absolute atomic E-state index is 12.4. The number of azide groups is 1. The number of hydrogen-bond donors (Lipinski definition) is 8. The molecule has 0 saturated carbocycles. The normalized spacial score (nSPS) is 20.6. The van der Waals surface area contributed by atoms with Crippen molar-refractivity contribution in [2.75, 3.05) is 19.7 Å². The van der Waals surface area contributed by atoms with Crippen LogP contribution in [0.15, 0.2) is 51.2 Å². The SMILES string of the molecule is [N-]=[N+]=Nc1ccc(C(=O)NCC(=O)NC/C=C/c2cn([C@H]3C[C@H](O)[C@@H](COP(=O)(O)OP(=O)(O)OP(=O)(O)O)O3)c(=O)[nH]c2=O)cc1. The Kier molecular flexibility index (Phi) is 12.7. The van der Waals surface area contributed by atoms with E-state index >= 15 is 0 Å². The van der Waals surface area contributed by atoms with Crippen LogP contribution in [0.3, 0.4) is 0 Å². The lowest BCUT2D eigenvalue weighted by Gasteiger charge is -2.19. The number of aromatic nitrogens is 2. The van der Waals surface area contributed by atoms with Gasteiger partial charge in [-0.3, -0.25) is 28.5 Å². The molecule has 0 aliphatic carbocycles. The Morgan fingerprint density at radius 1 is 1.11 bits per heavy atom. The number of hydrogen-bond acceptors (Lipinski definition) is 13. The smallest absolute Gasteiger partial charge is 0.390 e. The van der Waals surface area contributed by atoms with Crippen molar-refractivity contribution >= 4 is 47.0 Å². The highest BCUT2D eigenvalue weighted by Crippen LogP contribution is 2.66. The van der Waals surface area contributed by atoms with Gasteiger partial charge in [-0.2, -0.15) is 8.62 Å². The fraction of sp³-hybridized carbons (Fsp3) is 0.333. The van der Waals surface area contributed by atoms with E-state index in [1.54, 1.807) is 0 Å². The summed E-state index contributed by atoms with van der Waals surface area (Å²) in [7, 11) is -16.9. The molecule has 2 aromatic rings. The minimum absolute atomic E-state index is 0.0915. The zero-order chi connectivity index (χ0) is 35.0. The summed E-state index contributed by atoms with van der Waals surface area (Å²) < 4.78 is 52.1. The molecule has 2 amide bonds. The van der Waals surface area contributed by atoms with Crippen LogP contribution in [-0.4, -0.2) is 77.9 Å². The molecule has 8 N–H and O–H groups in total. The van der Waals surface area contributed by atoms with Crippen molar-refractivity contribution in [2.45, 2.75) is 24.9 Å². The van der Waals surface area contributed by atoms with Gasteiger partial charge in [-0.05, 0) is 17.7 Å². The first-order valence-electron chi connectivity index (χ1n) is 12.7. The molecule has 5 atom stereocenters. The summed E-state index contributed by atoms with van der Waals surface area (Å²) in [4.78, 5) is 89.6. The summed E-state index contributed by atoms with van der Waals surface area (Å²) >= 11 is 0. The number of carbonyl (C=O) groups is 2. The Hall–Kier alpha value is -3.78. The van der Waals surface area contributed by atoms with E-state index in [9.17, 15) is 47.8 Å². The van der Waals surface area contributed by atoms with E-state index in [1.807, 2.05) is 4.98 Å². The third-order valence-corrected chi connectivity index (χ3v) is 9.54. The standard InChI is InChI=1S/C21H26N7O16P3/c22-27-26-14-5-3-12(4-6-14)19(31)24-9-17(30)23-7-1-2-13-10-28(21(33)25-20(13)32)18-8-15(29)16(42-18)11-41-46(37,38)44-47(39,40)43-45(34,35)36/h1-6,10,15-16,18,29H,7-9,11H2,(H,23,30)(H,24,31)(H,37,38)(H,39,40)(H,25,32,33)(H2,34,35,36)/b2-1+/t15-,16+,18+/m0/s1. The quantitative estimate of drug-likeness (QED) is 0.0519. The van der Waals surface area contributed by atoms with Crippen molar-refractivity contribution in [1.82, 2.24) is 20.2 Å². The molecule has 256 valence electrons. The number of phosphoric ester groups is 1. The van der Waals surface area contributed by atoms with Gasteiger partial charge in [0.05, 0.1) is 24.8 Å². The van der Waals surface area contributed by atoms with Gasteiger partial charge in [0.15, 0.2) is 0 Å². The molecule has 0 bridgehead atoms. The summed E-state index contributed by atoms with van der Waals surface area (Å²) in [5.74, 6) is -1.14. The van der Waals surface area contributed by atoms with E-state index in [2.05, 4.69) is 33.8 Å². The number of benzene rings is 1. The van der Waals surface area contributed by atoms with Crippen LogP contribution in [0.4, 0.5) is 5.69 Å². The van der Waals surface area contributed by atoms with E-state index < -0.39 is 71.6 Å². The minimum atomic E-state index is -5.77. The lowest BCUT2D eigenvalue weighted by molar-refractivity contribution is -0.119. The molecule has 1 aliphatic heterocycles. The summed E-state index contributed by atoms with van der Waals surface area (Å²) in [5, 5.41) is 18.5. The number of rotatable bonds is 15. The Morgan fingerprint density at radius 2 is 1.79 bits per heavy atom. The summed E-state index contributed by atoms with van der Waals surface area (Å²) in [6.07, 6.45) is -0.780. The van der Waals surface area contributed by atoms with E-state index in [0.717, 1.165) is 10.8 Å². The molecule has 47 heavy (non-hydrogen) atoms. The van der Waals surface area contributed by atoms with Crippen molar-refractivity contribution < 1.29 is 65.8 Å². The number of ether oxygens (including phenoxy) is 1. The van der Waals surface area contributed by atoms with Crippen molar-refractivity contribution in [3.8, 4) is 0 Å². The number of phosphoric acid groups is 3. The van der Waals surface area contributed by atoms with Crippen LogP contribution >= 0.6 is 23.5 Å². The van der Waals surface area contributed by atoms with Gasteiger partial charge in [-0.1, -0.05) is 29.4 Å². The molecule has 23 nitrogen and oxygen atoms in total. The Bertz CT molecular complexity index is 1820. The van der Waals surface area contributed by atoms with Crippen molar-refractivity contribution in [3.05, 3.63) is 78.9 Å². The second-order valence-corrected chi connectivity index (χ2v) is 13.6. The van der Waals surface area contributed by atoms with Crippen molar-refractivity contribution in [1.29, 1.82) is 0 Å².